The Morgan fingerprint density at radius 2 is 1.71 bits per heavy atom. The minimum absolute atomic E-state index is 0.0170. The fraction of sp³-hybridized carbons (Fsp3) is 0.280. The molecule has 1 aromatic heterocycles. The van der Waals surface area contributed by atoms with E-state index in [1.807, 2.05) is 35.2 Å². The number of piperidine rings is 1. The van der Waals surface area contributed by atoms with Gasteiger partial charge in [0, 0.05) is 48.4 Å². The van der Waals surface area contributed by atoms with Gasteiger partial charge in [0.05, 0.1) is 0 Å². The molecule has 31 heavy (non-hydrogen) atoms. The van der Waals surface area contributed by atoms with Crippen molar-refractivity contribution < 1.29 is 13.9 Å². The highest BCUT2D eigenvalue weighted by Crippen LogP contribution is 2.40. The number of hydrogen-bond acceptors (Lipinski definition) is 3. The van der Waals surface area contributed by atoms with Crippen molar-refractivity contribution in [3.05, 3.63) is 88.6 Å². The van der Waals surface area contributed by atoms with Crippen LogP contribution in [0.1, 0.15) is 18.0 Å². The molecule has 0 saturated carbocycles. The Morgan fingerprint density at radius 3 is 2.52 bits per heavy atom. The number of carbonyl (C=O) groups excluding carboxylic acids is 1. The first kappa shape index (κ1) is 19.5. The Labute approximate surface area is 179 Å². The lowest BCUT2D eigenvalue weighted by Crippen LogP contribution is -2.50. The van der Waals surface area contributed by atoms with Crippen molar-refractivity contribution in [2.75, 3.05) is 19.7 Å². The van der Waals surface area contributed by atoms with Crippen LogP contribution < -0.4 is 10.3 Å². The molecule has 2 bridgehead atoms. The van der Waals surface area contributed by atoms with E-state index < -0.39 is 0 Å². The van der Waals surface area contributed by atoms with Crippen molar-refractivity contribution >= 4 is 5.91 Å². The van der Waals surface area contributed by atoms with Gasteiger partial charge in [-0.1, -0.05) is 36.4 Å². The van der Waals surface area contributed by atoms with Crippen LogP contribution in [0.3, 0.4) is 0 Å². The van der Waals surface area contributed by atoms with E-state index in [0.717, 1.165) is 17.7 Å². The van der Waals surface area contributed by atoms with Crippen molar-refractivity contribution in [2.45, 2.75) is 18.9 Å². The van der Waals surface area contributed by atoms with Crippen molar-refractivity contribution in [3.8, 4) is 16.9 Å². The molecule has 2 atom stereocenters. The molecule has 6 heteroatoms. The summed E-state index contributed by atoms with van der Waals surface area (Å²) in [4.78, 5) is 27.3. The maximum Gasteiger partial charge on any atom is 0.260 e. The van der Waals surface area contributed by atoms with Gasteiger partial charge in [-0.2, -0.15) is 0 Å². The van der Waals surface area contributed by atoms with Gasteiger partial charge in [0.1, 0.15) is 11.6 Å². The highest BCUT2D eigenvalue weighted by atomic mass is 19.1. The van der Waals surface area contributed by atoms with Crippen LogP contribution in [-0.2, 0) is 11.3 Å². The zero-order valence-corrected chi connectivity index (χ0v) is 17.0. The number of nitrogens with zero attached hydrogens (tertiary/aromatic N) is 2. The van der Waals surface area contributed by atoms with E-state index in [0.29, 0.717) is 30.9 Å². The molecule has 158 valence electrons. The van der Waals surface area contributed by atoms with Gasteiger partial charge < -0.3 is 14.2 Å². The van der Waals surface area contributed by atoms with E-state index in [2.05, 4.69) is 0 Å². The fourth-order valence-corrected chi connectivity index (χ4v) is 4.88. The summed E-state index contributed by atoms with van der Waals surface area (Å²) >= 11 is 0. The number of para-hydroxylation sites is 1. The molecule has 0 aliphatic carbocycles. The second kappa shape index (κ2) is 8.02. The molecule has 0 spiro atoms. The molecular formula is C25H23FN2O3. The van der Waals surface area contributed by atoms with E-state index in [-0.39, 0.29) is 35.7 Å². The van der Waals surface area contributed by atoms with Crippen LogP contribution in [0.4, 0.5) is 4.39 Å². The van der Waals surface area contributed by atoms with Gasteiger partial charge in [-0.15, -0.1) is 0 Å². The summed E-state index contributed by atoms with van der Waals surface area (Å²) in [6.07, 6.45) is 0.883. The molecule has 2 unspecified atom stereocenters. The quantitative estimate of drug-likeness (QED) is 0.650. The molecule has 3 heterocycles. The topological polar surface area (TPSA) is 51.5 Å². The average Bonchev–Trinajstić information content (AvgIpc) is 2.79. The second-order valence-corrected chi connectivity index (χ2v) is 8.26. The minimum atomic E-state index is -0.314. The summed E-state index contributed by atoms with van der Waals surface area (Å²) < 4.78 is 22.0. The van der Waals surface area contributed by atoms with Gasteiger partial charge in [0.25, 0.3) is 11.5 Å². The largest absolute Gasteiger partial charge is 0.484 e. The molecule has 3 aromatic rings. The SMILES string of the molecule is O=C(COc1ccccc1)N1CC2CC(C1)c1c(-c3ccccc3F)ccc(=O)n1C2. The first-order chi connectivity index (χ1) is 15.1. The standard InChI is InChI=1S/C25H23FN2O3/c26-22-9-5-4-8-20(22)21-10-11-23(29)28-14-17-12-18(25(21)28)15-27(13-17)24(30)16-31-19-6-2-1-3-7-19/h1-11,17-18H,12-16H2. The maximum absolute atomic E-state index is 14.6. The number of ether oxygens (including phenoxy) is 1. The summed E-state index contributed by atoms with van der Waals surface area (Å²) in [6, 6.07) is 19.1. The lowest BCUT2D eigenvalue weighted by atomic mass is 9.80. The summed E-state index contributed by atoms with van der Waals surface area (Å²) in [5.74, 6) is 0.452. The smallest absolute Gasteiger partial charge is 0.260 e. The molecule has 2 aliphatic rings. The predicted octanol–water partition coefficient (Wildman–Crippen LogP) is 3.68. The molecular weight excluding hydrogens is 395 g/mol. The van der Waals surface area contributed by atoms with Crippen LogP contribution in [0.25, 0.3) is 11.1 Å². The number of benzene rings is 2. The Kier molecular flexibility index (Phi) is 5.06. The van der Waals surface area contributed by atoms with E-state index in [4.69, 9.17) is 4.74 Å². The summed E-state index contributed by atoms with van der Waals surface area (Å²) in [5, 5.41) is 0. The second-order valence-electron chi connectivity index (χ2n) is 8.26. The van der Waals surface area contributed by atoms with Crippen LogP contribution >= 0.6 is 0 Å². The van der Waals surface area contributed by atoms with Crippen LogP contribution in [0, 0.1) is 11.7 Å². The summed E-state index contributed by atoms with van der Waals surface area (Å²) in [6.45, 7) is 1.61. The highest BCUT2D eigenvalue weighted by molar-refractivity contribution is 5.78. The Bertz CT molecular complexity index is 1170. The molecule has 2 aliphatic heterocycles. The van der Waals surface area contributed by atoms with Crippen LogP contribution in [0.2, 0.25) is 0 Å². The van der Waals surface area contributed by atoms with E-state index >= 15 is 0 Å². The fourth-order valence-electron chi connectivity index (χ4n) is 4.88. The average molecular weight is 418 g/mol. The van der Waals surface area contributed by atoms with Gasteiger partial charge in [0.2, 0.25) is 0 Å². The van der Waals surface area contributed by atoms with Gasteiger partial charge in [-0.05, 0) is 36.6 Å². The van der Waals surface area contributed by atoms with Crippen LogP contribution in [0.15, 0.2) is 71.5 Å². The maximum atomic E-state index is 14.6. The third-order valence-corrected chi connectivity index (χ3v) is 6.21. The molecule has 2 aromatic carbocycles. The van der Waals surface area contributed by atoms with Crippen molar-refractivity contribution in [1.29, 1.82) is 0 Å². The molecule has 0 N–H and O–H groups in total. The van der Waals surface area contributed by atoms with E-state index in [1.165, 1.54) is 12.1 Å². The number of fused-ring (bicyclic) bond motifs is 4. The number of halogens is 1. The normalized spacial score (nSPS) is 19.6. The highest BCUT2D eigenvalue weighted by Gasteiger charge is 2.38. The molecule has 1 saturated heterocycles. The van der Waals surface area contributed by atoms with Crippen LogP contribution in [0.5, 0.6) is 5.75 Å². The summed E-state index contributed by atoms with van der Waals surface area (Å²) in [5.41, 5.74) is 1.98. The molecule has 5 rings (SSSR count). The monoisotopic (exact) mass is 418 g/mol. The number of pyridine rings is 1. The zero-order valence-electron chi connectivity index (χ0n) is 17.0. The number of aromatic nitrogens is 1. The van der Waals surface area contributed by atoms with Gasteiger partial charge in [-0.3, -0.25) is 9.59 Å². The molecule has 0 radical (unpaired) electrons. The van der Waals surface area contributed by atoms with Gasteiger partial charge in [0.15, 0.2) is 6.61 Å². The number of amides is 1. The third-order valence-electron chi connectivity index (χ3n) is 6.21. The zero-order chi connectivity index (χ0) is 21.4. The molecule has 1 fully saturated rings. The number of hydrogen-bond donors (Lipinski definition) is 0. The van der Waals surface area contributed by atoms with Gasteiger partial charge in [-0.25, -0.2) is 4.39 Å². The third kappa shape index (κ3) is 3.74. The minimum Gasteiger partial charge on any atom is -0.484 e. The van der Waals surface area contributed by atoms with Crippen LogP contribution in [-0.4, -0.2) is 35.1 Å². The number of rotatable bonds is 4. The van der Waals surface area contributed by atoms with Crippen molar-refractivity contribution in [2.24, 2.45) is 5.92 Å². The summed E-state index contributed by atoms with van der Waals surface area (Å²) in [7, 11) is 0. The Hall–Kier alpha value is -3.41. The predicted molar refractivity (Wildman–Crippen MR) is 115 cm³/mol. The Morgan fingerprint density at radius 1 is 0.935 bits per heavy atom. The lowest BCUT2D eigenvalue weighted by Gasteiger charge is -2.43. The number of likely N-dealkylation sites (tertiary alicyclic amines) is 1. The van der Waals surface area contributed by atoms with E-state index in [9.17, 15) is 14.0 Å². The first-order valence-corrected chi connectivity index (χ1v) is 10.5. The molecule has 5 nitrogen and oxygen atoms in total. The molecule has 1 amide bonds. The first-order valence-electron chi connectivity index (χ1n) is 10.5. The van der Waals surface area contributed by atoms with Crippen molar-refractivity contribution in [1.82, 2.24) is 9.47 Å². The van der Waals surface area contributed by atoms with Gasteiger partial charge >= 0.3 is 0 Å². The lowest BCUT2D eigenvalue weighted by molar-refractivity contribution is -0.136. The van der Waals surface area contributed by atoms with E-state index in [1.54, 1.807) is 28.8 Å². The number of carbonyl (C=O) groups is 1. The van der Waals surface area contributed by atoms with Crippen molar-refractivity contribution in [3.63, 3.8) is 0 Å². The Balaban J connectivity index is 1.43.